The van der Waals surface area contributed by atoms with E-state index in [1.54, 1.807) is 18.2 Å². The van der Waals surface area contributed by atoms with E-state index in [1.807, 2.05) is 13.0 Å². The lowest BCUT2D eigenvalue weighted by Gasteiger charge is -2.09. The van der Waals surface area contributed by atoms with Crippen molar-refractivity contribution in [1.82, 2.24) is 0 Å². The van der Waals surface area contributed by atoms with Crippen LogP contribution >= 0.6 is 0 Å². The number of anilines is 2. The lowest BCUT2D eigenvalue weighted by atomic mass is 10.2. The highest BCUT2D eigenvalue weighted by Crippen LogP contribution is 2.28. The molecule has 2 N–H and O–H groups in total. The number of hydrogen-bond donors (Lipinski definition) is 2. The van der Waals surface area contributed by atoms with Crippen LogP contribution in [0.4, 0.5) is 17.1 Å². The molecule has 2 aromatic carbocycles. The molecule has 2 aromatic rings. The molecular weight excluding hydrogens is 354 g/mol. The maximum Gasteiger partial charge on any atom is 0.296 e. The summed E-state index contributed by atoms with van der Waals surface area (Å²) in [6.07, 6.45) is 0. The summed E-state index contributed by atoms with van der Waals surface area (Å²) in [5.41, 5.74) is 1.33. The number of aryl methyl sites for hydroxylation is 1. The van der Waals surface area contributed by atoms with Crippen molar-refractivity contribution in [3.63, 3.8) is 0 Å². The van der Waals surface area contributed by atoms with Crippen LogP contribution in [0.5, 0.6) is 5.75 Å². The van der Waals surface area contributed by atoms with E-state index >= 15 is 0 Å². The zero-order valence-electron chi connectivity index (χ0n) is 14.9. The fourth-order valence-corrected chi connectivity index (χ4v) is 2.24. The predicted molar refractivity (Wildman–Crippen MR) is 98.9 cm³/mol. The number of ether oxygens (including phenoxy) is 2. The molecule has 142 valence electrons. The van der Waals surface area contributed by atoms with Crippen molar-refractivity contribution in [2.45, 2.75) is 6.92 Å². The number of rotatable bonds is 8. The van der Waals surface area contributed by atoms with E-state index in [2.05, 4.69) is 10.6 Å². The van der Waals surface area contributed by atoms with E-state index in [0.717, 1.165) is 5.56 Å². The number of amides is 2. The van der Waals surface area contributed by atoms with Gasteiger partial charge in [0.2, 0.25) is 5.91 Å². The van der Waals surface area contributed by atoms with Gasteiger partial charge in [-0.15, -0.1) is 0 Å². The Balaban J connectivity index is 1.84. The van der Waals surface area contributed by atoms with Crippen LogP contribution in [0, 0.1) is 17.0 Å². The van der Waals surface area contributed by atoms with Gasteiger partial charge in [0, 0.05) is 5.69 Å². The predicted octanol–water partition coefficient (Wildman–Crippen LogP) is 2.51. The smallest absolute Gasteiger partial charge is 0.296 e. The topological polar surface area (TPSA) is 120 Å². The molecule has 0 aliphatic rings. The average Bonchev–Trinajstić information content (AvgIpc) is 2.61. The molecule has 0 unspecified atom stereocenters. The first kappa shape index (κ1) is 19.9. The second-order valence-electron chi connectivity index (χ2n) is 5.60. The molecule has 0 aliphatic heterocycles. The standard InChI is InChI=1S/C18H19N3O6/c1-12-4-3-5-13(8-12)19-17(22)10-27-11-18(23)20-15-7-6-14(26-2)9-16(15)21(24)25/h3-9H,10-11H2,1-2H3,(H,19,22)(H,20,23). The van der Waals surface area contributed by atoms with Crippen LogP contribution < -0.4 is 15.4 Å². The molecule has 0 saturated heterocycles. The number of hydrogen-bond acceptors (Lipinski definition) is 6. The Kier molecular flexibility index (Phi) is 6.84. The summed E-state index contributed by atoms with van der Waals surface area (Å²) in [5.74, 6) is -0.737. The van der Waals surface area contributed by atoms with E-state index in [4.69, 9.17) is 9.47 Å². The molecule has 0 atom stereocenters. The van der Waals surface area contributed by atoms with E-state index in [-0.39, 0.29) is 18.0 Å². The maximum absolute atomic E-state index is 11.9. The molecule has 0 aliphatic carbocycles. The first-order chi connectivity index (χ1) is 12.9. The van der Waals surface area contributed by atoms with Crippen molar-refractivity contribution in [3.05, 3.63) is 58.1 Å². The van der Waals surface area contributed by atoms with Gasteiger partial charge in [0.05, 0.1) is 18.1 Å². The molecule has 27 heavy (non-hydrogen) atoms. The van der Waals surface area contributed by atoms with Gasteiger partial charge in [-0.3, -0.25) is 19.7 Å². The third-order valence-electron chi connectivity index (χ3n) is 3.44. The van der Waals surface area contributed by atoms with Gasteiger partial charge < -0.3 is 20.1 Å². The summed E-state index contributed by atoms with van der Waals surface area (Å²) in [6, 6.07) is 11.3. The van der Waals surface area contributed by atoms with Crippen molar-refractivity contribution >= 4 is 28.9 Å². The van der Waals surface area contributed by atoms with Crippen molar-refractivity contribution in [1.29, 1.82) is 0 Å². The van der Waals surface area contributed by atoms with E-state index in [9.17, 15) is 19.7 Å². The molecule has 0 saturated carbocycles. The van der Waals surface area contributed by atoms with Gasteiger partial charge >= 0.3 is 0 Å². The molecule has 9 nitrogen and oxygen atoms in total. The quantitative estimate of drug-likeness (QED) is 0.542. The molecule has 0 heterocycles. The van der Waals surface area contributed by atoms with Crippen molar-refractivity contribution in [2.75, 3.05) is 31.0 Å². The Morgan fingerprint density at radius 2 is 1.78 bits per heavy atom. The van der Waals surface area contributed by atoms with Crippen LogP contribution in [0.1, 0.15) is 5.56 Å². The van der Waals surface area contributed by atoms with E-state index in [0.29, 0.717) is 11.4 Å². The first-order valence-electron chi connectivity index (χ1n) is 7.95. The Bertz CT molecular complexity index is 853. The summed E-state index contributed by atoms with van der Waals surface area (Å²) in [6.45, 7) is 1.14. The largest absolute Gasteiger partial charge is 0.496 e. The molecule has 9 heteroatoms. The van der Waals surface area contributed by atoms with E-state index < -0.39 is 23.3 Å². The highest BCUT2D eigenvalue weighted by molar-refractivity contribution is 5.95. The monoisotopic (exact) mass is 373 g/mol. The minimum atomic E-state index is -0.631. The van der Waals surface area contributed by atoms with Crippen molar-refractivity contribution in [3.8, 4) is 5.75 Å². The summed E-state index contributed by atoms with van der Waals surface area (Å²) in [4.78, 5) is 34.2. The van der Waals surface area contributed by atoms with Gasteiger partial charge in [-0.1, -0.05) is 12.1 Å². The van der Waals surface area contributed by atoms with E-state index in [1.165, 1.54) is 25.3 Å². The van der Waals surface area contributed by atoms with Crippen LogP contribution in [0.15, 0.2) is 42.5 Å². The lowest BCUT2D eigenvalue weighted by Crippen LogP contribution is -2.24. The zero-order chi connectivity index (χ0) is 19.8. The fourth-order valence-electron chi connectivity index (χ4n) is 2.24. The van der Waals surface area contributed by atoms with Crippen LogP contribution in [0.2, 0.25) is 0 Å². The van der Waals surface area contributed by atoms with Gasteiger partial charge in [-0.25, -0.2) is 0 Å². The zero-order valence-corrected chi connectivity index (χ0v) is 14.9. The van der Waals surface area contributed by atoms with Gasteiger partial charge in [0.15, 0.2) is 0 Å². The first-order valence-corrected chi connectivity index (χ1v) is 7.95. The van der Waals surface area contributed by atoms with Gasteiger partial charge in [-0.2, -0.15) is 0 Å². The number of nitrogens with one attached hydrogen (secondary N) is 2. The van der Waals surface area contributed by atoms with Crippen molar-refractivity contribution in [2.24, 2.45) is 0 Å². The number of benzene rings is 2. The third-order valence-corrected chi connectivity index (χ3v) is 3.44. The second-order valence-corrected chi connectivity index (χ2v) is 5.60. The number of nitro benzene ring substituents is 1. The maximum atomic E-state index is 11.9. The number of nitro groups is 1. The molecule has 0 fully saturated rings. The van der Waals surface area contributed by atoms with Crippen LogP contribution in [0.25, 0.3) is 0 Å². The van der Waals surface area contributed by atoms with Gasteiger partial charge in [0.1, 0.15) is 24.7 Å². The number of carbonyl (C=O) groups excluding carboxylic acids is 2. The molecular formula is C18H19N3O6. The van der Waals surface area contributed by atoms with Crippen LogP contribution in [0.3, 0.4) is 0 Å². The summed E-state index contributed by atoms with van der Waals surface area (Å²) >= 11 is 0. The molecule has 0 spiro atoms. The Morgan fingerprint density at radius 1 is 1.07 bits per heavy atom. The fraction of sp³-hybridized carbons (Fsp3) is 0.222. The second kappa shape index (κ2) is 9.30. The van der Waals surface area contributed by atoms with Gasteiger partial charge in [0.25, 0.3) is 11.6 Å². The minimum Gasteiger partial charge on any atom is -0.496 e. The lowest BCUT2D eigenvalue weighted by molar-refractivity contribution is -0.384. The Labute approximate surface area is 155 Å². The average molecular weight is 373 g/mol. The highest BCUT2D eigenvalue weighted by Gasteiger charge is 2.17. The van der Waals surface area contributed by atoms with Crippen LogP contribution in [-0.2, 0) is 14.3 Å². The number of carbonyl (C=O) groups is 2. The Hall–Kier alpha value is -3.46. The highest BCUT2D eigenvalue weighted by atomic mass is 16.6. The minimum absolute atomic E-state index is 0.0126. The summed E-state index contributed by atoms with van der Waals surface area (Å²) in [7, 11) is 1.38. The molecule has 0 bridgehead atoms. The molecule has 2 amide bonds. The number of nitrogens with zero attached hydrogens (tertiary/aromatic N) is 1. The molecule has 0 radical (unpaired) electrons. The summed E-state index contributed by atoms with van der Waals surface area (Å²) < 4.78 is 9.98. The SMILES string of the molecule is COc1ccc(NC(=O)COCC(=O)Nc2cccc(C)c2)c([N+](=O)[O-])c1. The Morgan fingerprint density at radius 3 is 2.41 bits per heavy atom. The molecule has 2 rings (SSSR count). The van der Waals surface area contributed by atoms with Gasteiger partial charge in [-0.05, 0) is 36.8 Å². The third kappa shape index (κ3) is 6.08. The normalized spacial score (nSPS) is 10.1. The summed E-state index contributed by atoms with van der Waals surface area (Å²) in [5, 5.41) is 16.1. The van der Waals surface area contributed by atoms with Crippen LogP contribution in [-0.4, -0.2) is 37.1 Å². The van der Waals surface area contributed by atoms with Crippen molar-refractivity contribution < 1.29 is 24.0 Å². The number of methoxy groups -OCH3 is 1. The molecule has 0 aromatic heterocycles.